The number of aromatic nitrogens is 3. The van der Waals surface area contributed by atoms with E-state index in [1.54, 1.807) is 0 Å². The Morgan fingerprint density at radius 3 is 2.85 bits per heavy atom. The van der Waals surface area contributed by atoms with E-state index in [2.05, 4.69) is 29.0 Å². The average molecular weight is 281 g/mol. The third-order valence-corrected chi connectivity index (χ3v) is 3.06. The van der Waals surface area contributed by atoms with E-state index in [-0.39, 0.29) is 12.4 Å². The summed E-state index contributed by atoms with van der Waals surface area (Å²) in [4.78, 5) is 4.27. The van der Waals surface area contributed by atoms with Crippen LogP contribution in [-0.4, -0.2) is 15.2 Å². The molecule has 0 fully saturated rings. The van der Waals surface area contributed by atoms with Gasteiger partial charge in [-0.2, -0.15) is 5.10 Å². The zero-order chi connectivity index (χ0) is 14.5. The summed E-state index contributed by atoms with van der Waals surface area (Å²) in [5.74, 6) is 0.375. The van der Waals surface area contributed by atoms with Crippen LogP contribution in [-0.2, 0) is 13.0 Å². The second-order valence-corrected chi connectivity index (χ2v) is 4.78. The monoisotopic (exact) mass is 281 g/mol. The highest BCUT2D eigenvalue weighted by atomic mass is 19.1. The molecule has 20 heavy (non-hydrogen) atoms. The molecule has 0 saturated carbocycles. The van der Waals surface area contributed by atoms with Crippen LogP contribution in [0.4, 0.5) is 8.78 Å². The van der Waals surface area contributed by atoms with E-state index in [1.165, 1.54) is 6.07 Å². The minimum Gasteiger partial charge on any atom is -0.483 e. The normalized spacial score (nSPS) is 12.4. The maximum absolute atomic E-state index is 13.4. The summed E-state index contributed by atoms with van der Waals surface area (Å²) in [6.45, 7) is 4.30. The van der Waals surface area contributed by atoms with Crippen LogP contribution >= 0.6 is 0 Å². The van der Waals surface area contributed by atoms with Crippen LogP contribution < -0.4 is 4.74 Å². The van der Waals surface area contributed by atoms with Crippen molar-refractivity contribution in [1.82, 2.24) is 15.2 Å². The highest BCUT2D eigenvalue weighted by Gasteiger charge is 2.09. The van der Waals surface area contributed by atoms with Crippen molar-refractivity contribution in [1.29, 1.82) is 0 Å². The number of nitrogens with one attached hydrogen (secondary N) is 1. The molecule has 4 nitrogen and oxygen atoms in total. The molecule has 2 aromatic rings. The molecule has 2 rings (SSSR count). The van der Waals surface area contributed by atoms with Crippen molar-refractivity contribution < 1.29 is 13.5 Å². The maximum atomic E-state index is 13.4. The Labute approximate surface area is 116 Å². The van der Waals surface area contributed by atoms with Crippen LogP contribution in [0.1, 0.15) is 31.9 Å². The molecule has 6 heteroatoms. The Bertz CT molecular complexity index is 571. The number of aromatic amines is 1. The summed E-state index contributed by atoms with van der Waals surface area (Å²) in [5, 5.41) is 6.84. The zero-order valence-electron chi connectivity index (χ0n) is 11.5. The average Bonchev–Trinajstić information content (AvgIpc) is 2.85. The van der Waals surface area contributed by atoms with Crippen LogP contribution in [0.3, 0.4) is 0 Å². The summed E-state index contributed by atoms with van der Waals surface area (Å²) < 4.78 is 31.4. The lowest BCUT2D eigenvalue weighted by Crippen LogP contribution is -2.01. The lowest BCUT2D eigenvalue weighted by molar-refractivity contribution is 0.280. The van der Waals surface area contributed by atoms with Gasteiger partial charge in [0.2, 0.25) is 0 Å². The number of hydrogen-bond donors (Lipinski definition) is 1. The van der Waals surface area contributed by atoms with Crippen LogP contribution in [0.5, 0.6) is 5.75 Å². The molecule has 0 aliphatic heterocycles. The molecule has 0 saturated heterocycles. The van der Waals surface area contributed by atoms with Gasteiger partial charge in [0.15, 0.2) is 23.2 Å². The van der Waals surface area contributed by atoms with Crippen LogP contribution in [0.15, 0.2) is 18.2 Å². The molecular formula is C14H17F2N3O. The zero-order valence-corrected chi connectivity index (χ0v) is 11.5. The minimum atomic E-state index is -0.732. The van der Waals surface area contributed by atoms with Crippen molar-refractivity contribution in [3.05, 3.63) is 41.5 Å². The third kappa shape index (κ3) is 3.76. The van der Waals surface area contributed by atoms with Crippen molar-refractivity contribution in [3.63, 3.8) is 0 Å². The van der Waals surface area contributed by atoms with Gasteiger partial charge in [-0.15, -0.1) is 0 Å². The number of nitrogens with zero attached hydrogens (tertiary/aromatic N) is 2. The van der Waals surface area contributed by atoms with Crippen molar-refractivity contribution in [2.24, 2.45) is 5.92 Å². The quantitative estimate of drug-likeness (QED) is 0.884. The molecule has 1 atom stereocenters. The topological polar surface area (TPSA) is 50.8 Å². The van der Waals surface area contributed by atoms with Crippen molar-refractivity contribution >= 4 is 0 Å². The van der Waals surface area contributed by atoms with Gasteiger partial charge in [-0.25, -0.2) is 13.8 Å². The van der Waals surface area contributed by atoms with Gasteiger partial charge in [0.25, 0.3) is 0 Å². The first-order valence-electron chi connectivity index (χ1n) is 6.56. The smallest absolute Gasteiger partial charge is 0.167 e. The molecule has 0 radical (unpaired) electrons. The second-order valence-electron chi connectivity index (χ2n) is 4.78. The third-order valence-electron chi connectivity index (χ3n) is 3.06. The van der Waals surface area contributed by atoms with Gasteiger partial charge >= 0.3 is 0 Å². The van der Waals surface area contributed by atoms with E-state index in [9.17, 15) is 8.78 Å². The van der Waals surface area contributed by atoms with Crippen molar-refractivity contribution in [2.45, 2.75) is 33.3 Å². The van der Waals surface area contributed by atoms with Gasteiger partial charge in [0.1, 0.15) is 12.4 Å². The van der Waals surface area contributed by atoms with Gasteiger partial charge in [-0.1, -0.05) is 20.3 Å². The van der Waals surface area contributed by atoms with Crippen molar-refractivity contribution in [2.75, 3.05) is 0 Å². The van der Waals surface area contributed by atoms with Gasteiger partial charge in [0.05, 0.1) is 0 Å². The number of benzene rings is 1. The highest BCUT2D eigenvalue weighted by Crippen LogP contribution is 2.18. The van der Waals surface area contributed by atoms with Gasteiger partial charge < -0.3 is 4.74 Å². The predicted molar refractivity (Wildman–Crippen MR) is 70.2 cm³/mol. The first-order valence-corrected chi connectivity index (χ1v) is 6.56. The summed E-state index contributed by atoms with van der Waals surface area (Å²) in [6, 6.07) is 3.18. The molecule has 1 N–H and O–H groups in total. The second kappa shape index (κ2) is 6.45. The molecule has 1 unspecified atom stereocenters. The van der Waals surface area contributed by atoms with E-state index in [4.69, 9.17) is 4.74 Å². The molecule has 0 spiro atoms. The Morgan fingerprint density at radius 1 is 1.35 bits per heavy atom. The fraction of sp³-hybridized carbons (Fsp3) is 0.429. The largest absolute Gasteiger partial charge is 0.483 e. The summed E-state index contributed by atoms with van der Waals surface area (Å²) in [6.07, 6.45) is 1.85. The number of halogens is 2. The summed E-state index contributed by atoms with van der Waals surface area (Å²) in [7, 11) is 0. The summed E-state index contributed by atoms with van der Waals surface area (Å²) in [5.41, 5.74) is 0. The SMILES string of the molecule is CCC(C)Cc1n[nH]c(COc2ccc(F)cc2F)n1. The fourth-order valence-electron chi connectivity index (χ4n) is 1.69. The molecule has 0 bridgehead atoms. The van der Waals surface area contributed by atoms with Crippen LogP contribution in [0, 0.1) is 17.6 Å². The minimum absolute atomic E-state index is 0.00808. The first-order chi connectivity index (χ1) is 9.58. The molecule has 0 amide bonds. The maximum Gasteiger partial charge on any atom is 0.167 e. The molecule has 1 aromatic heterocycles. The number of hydrogen-bond acceptors (Lipinski definition) is 3. The molecule has 0 aliphatic carbocycles. The lowest BCUT2D eigenvalue weighted by atomic mass is 10.1. The lowest BCUT2D eigenvalue weighted by Gasteiger charge is -2.05. The standard InChI is InChI=1S/C14H17F2N3O/c1-3-9(2)6-13-17-14(19-18-13)8-20-12-5-4-10(15)7-11(12)16/h4-5,7,9H,3,6,8H2,1-2H3,(H,17,18,19). The first kappa shape index (κ1) is 14.4. The number of H-pyrrole nitrogens is 1. The van der Waals surface area contributed by atoms with Gasteiger partial charge in [0, 0.05) is 12.5 Å². The van der Waals surface area contributed by atoms with E-state index in [1.807, 2.05) is 0 Å². The Morgan fingerprint density at radius 2 is 2.15 bits per heavy atom. The van der Waals surface area contributed by atoms with Crippen molar-refractivity contribution in [3.8, 4) is 5.75 Å². The number of rotatable bonds is 6. The molecule has 1 aromatic carbocycles. The molecular weight excluding hydrogens is 264 g/mol. The Hall–Kier alpha value is -1.98. The van der Waals surface area contributed by atoms with Gasteiger partial charge in [-0.05, 0) is 18.1 Å². The molecule has 108 valence electrons. The van der Waals surface area contributed by atoms with E-state index in [0.29, 0.717) is 11.7 Å². The van der Waals surface area contributed by atoms with E-state index in [0.717, 1.165) is 30.8 Å². The van der Waals surface area contributed by atoms with E-state index >= 15 is 0 Å². The predicted octanol–water partition coefficient (Wildman–Crippen LogP) is 3.25. The highest BCUT2D eigenvalue weighted by molar-refractivity contribution is 5.24. The van der Waals surface area contributed by atoms with Crippen LogP contribution in [0.25, 0.3) is 0 Å². The Balaban J connectivity index is 1.94. The summed E-state index contributed by atoms with van der Waals surface area (Å²) >= 11 is 0. The molecule has 0 aliphatic rings. The van der Waals surface area contributed by atoms with E-state index < -0.39 is 11.6 Å². The fourth-order valence-corrected chi connectivity index (χ4v) is 1.69. The molecule has 1 heterocycles. The Kier molecular flexibility index (Phi) is 4.65. The van der Waals surface area contributed by atoms with Crippen LogP contribution in [0.2, 0.25) is 0 Å². The number of ether oxygens (including phenoxy) is 1. The van der Waals surface area contributed by atoms with Gasteiger partial charge in [-0.3, -0.25) is 5.10 Å².